The smallest absolute Gasteiger partial charge is 0.357 e. The molecule has 0 aliphatic heterocycles. The predicted octanol–water partition coefficient (Wildman–Crippen LogP) is 7.09. The summed E-state index contributed by atoms with van der Waals surface area (Å²) in [5.41, 5.74) is 0.553. The fourth-order valence-electron chi connectivity index (χ4n) is 2.42. The lowest BCUT2D eigenvalue weighted by Crippen LogP contribution is -2.34. The Labute approximate surface area is 187 Å². The van der Waals surface area contributed by atoms with Gasteiger partial charge in [0.25, 0.3) is 0 Å². The second kappa shape index (κ2) is 12.3. The molecular weight excluding hydrogens is 443 g/mol. The minimum atomic E-state index is -3.42. The van der Waals surface area contributed by atoms with E-state index in [0.717, 1.165) is 5.75 Å². The molecule has 164 valence electrons. The summed E-state index contributed by atoms with van der Waals surface area (Å²) in [6, 6.07) is 15.9. The van der Waals surface area contributed by atoms with Crippen molar-refractivity contribution in [2.24, 2.45) is 5.92 Å². The van der Waals surface area contributed by atoms with Gasteiger partial charge in [-0.1, -0.05) is 32.0 Å². The maximum atomic E-state index is 13.4. The number of halogens is 1. The molecule has 0 saturated carbocycles. The molecule has 2 aromatic rings. The standard InChI is InChI=1S/C21H28ClN2O4PS/c1-4-27-29(26,30-16-17(2)3)24(15-14-22)21(25)23-18-10-12-20(13-11-18)28-19-8-6-5-7-9-19/h5-13,17H,4,14-16H2,1-3H3,(H,23,25). The van der Waals surface area contributed by atoms with Gasteiger partial charge in [-0.2, -0.15) is 0 Å². The first kappa shape index (κ1) is 24.6. The molecule has 1 atom stereocenters. The van der Waals surface area contributed by atoms with Crippen LogP contribution < -0.4 is 10.1 Å². The molecule has 1 unspecified atom stereocenters. The van der Waals surface area contributed by atoms with Gasteiger partial charge in [-0.05, 0) is 60.6 Å². The number of urea groups is 1. The van der Waals surface area contributed by atoms with Gasteiger partial charge in [0, 0.05) is 23.9 Å². The van der Waals surface area contributed by atoms with Gasteiger partial charge < -0.3 is 14.6 Å². The minimum Gasteiger partial charge on any atom is -0.457 e. The van der Waals surface area contributed by atoms with E-state index in [0.29, 0.717) is 23.1 Å². The number of amides is 2. The summed E-state index contributed by atoms with van der Waals surface area (Å²) in [7, 11) is 0. The van der Waals surface area contributed by atoms with Crippen LogP contribution in [0.15, 0.2) is 54.6 Å². The van der Waals surface area contributed by atoms with Gasteiger partial charge in [0.2, 0.25) is 0 Å². The van der Waals surface area contributed by atoms with Gasteiger partial charge in [0.05, 0.1) is 6.61 Å². The Balaban J connectivity index is 2.10. The van der Waals surface area contributed by atoms with Gasteiger partial charge in [0.1, 0.15) is 11.5 Å². The molecule has 0 bridgehead atoms. The third-order valence-corrected chi connectivity index (χ3v) is 8.98. The van der Waals surface area contributed by atoms with E-state index in [-0.39, 0.29) is 19.0 Å². The quantitative estimate of drug-likeness (QED) is 0.280. The van der Waals surface area contributed by atoms with E-state index in [4.69, 9.17) is 20.9 Å². The van der Waals surface area contributed by atoms with E-state index >= 15 is 0 Å². The number of para-hydroxylation sites is 1. The number of ether oxygens (including phenoxy) is 1. The Kier molecular flexibility index (Phi) is 10.1. The van der Waals surface area contributed by atoms with Gasteiger partial charge in [-0.25, -0.2) is 9.46 Å². The number of anilines is 1. The fraction of sp³-hybridized carbons (Fsp3) is 0.381. The van der Waals surface area contributed by atoms with E-state index in [1.807, 2.05) is 44.2 Å². The monoisotopic (exact) mass is 470 g/mol. The van der Waals surface area contributed by atoms with Gasteiger partial charge in [-0.3, -0.25) is 4.57 Å². The van der Waals surface area contributed by atoms with E-state index in [1.54, 1.807) is 31.2 Å². The van der Waals surface area contributed by atoms with Gasteiger partial charge in [0.15, 0.2) is 0 Å². The number of hydrogen-bond donors (Lipinski definition) is 1. The Morgan fingerprint density at radius 3 is 2.33 bits per heavy atom. The number of rotatable bonds is 11. The Hall–Kier alpha value is -1.66. The SMILES string of the molecule is CCOP(=O)(SCC(C)C)N(CCCl)C(=O)Nc1ccc(Oc2ccccc2)cc1. The first-order valence-electron chi connectivity index (χ1n) is 9.75. The lowest BCUT2D eigenvalue weighted by Gasteiger charge is -2.30. The first-order chi connectivity index (χ1) is 14.4. The molecule has 0 heterocycles. The summed E-state index contributed by atoms with van der Waals surface area (Å²) < 4.78 is 25.9. The highest BCUT2D eigenvalue weighted by Crippen LogP contribution is 2.63. The van der Waals surface area contributed by atoms with E-state index in [1.165, 1.54) is 16.1 Å². The van der Waals surface area contributed by atoms with Crippen molar-refractivity contribution < 1.29 is 18.6 Å². The molecule has 2 rings (SSSR count). The molecule has 0 fully saturated rings. The van der Waals surface area contributed by atoms with Crippen LogP contribution in [0, 0.1) is 5.92 Å². The highest BCUT2D eigenvalue weighted by molar-refractivity contribution is 8.56. The van der Waals surface area contributed by atoms with Crippen LogP contribution in [0.4, 0.5) is 10.5 Å². The van der Waals surface area contributed by atoms with Gasteiger partial charge in [-0.15, -0.1) is 11.6 Å². The van der Waals surface area contributed by atoms with Crippen molar-refractivity contribution in [1.29, 1.82) is 0 Å². The van der Waals surface area contributed by atoms with Crippen LogP contribution in [0.3, 0.4) is 0 Å². The molecule has 0 aliphatic carbocycles. The highest BCUT2D eigenvalue weighted by Gasteiger charge is 2.36. The second-order valence-electron chi connectivity index (χ2n) is 6.76. The van der Waals surface area contributed by atoms with Crippen molar-refractivity contribution in [3.05, 3.63) is 54.6 Å². The molecular formula is C21H28ClN2O4PS. The van der Waals surface area contributed by atoms with Crippen molar-refractivity contribution in [1.82, 2.24) is 4.67 Å². The lowest BCUT2D eigenvalue weighted by molar-refractivity contribution is 0.228. The van der Waals surface area contributed by atoms with E-state index in [9.17, 15) is 9.36 Å². The topological polar surface area (TPSA) is 67.9 Å². The van der Waals surface area contributed by atoms with Crippen LogP contribution in [0.5, 0.6) is 11.5 Å². The van der Waals surface area contributed by atoms with Crippen LogP contribution in [-0.2, 0) is 9.09 Å². The molecule has 6 nitrogen and oxygen atoms in total. The average Bonchev–Trinajstić information content (AvgIpc) is 2.73. The molecule has 0 aromatic heterocycles. The van der Waals surface area contributed by atoms with Crippen LogP contribution in [-0.4, -0.2) is 35.5 Å². The molecule has 9 heteroatoms. The Morgan fingerprint density at radius 1 is 1.13 bits per heavy atom. The zero-order valence-electron chi connectivity index (χ0n) is 17.4. The molecule has 0 aliphatic rings. The number of hydrogen-bond acceptors (Lipinski definition) is 5. The van der Waals surface area contributed by atoms with Crippen LogP contribution in [0.2, 0.25) is 0 Å². The lowest BCUT2D eigenvalue weighted by atomic mass is 10.3. The maximum Gasteiger partial charge on any atom is 0.357 e. The predicted molar refractivity (Wildman–Crippen MR) is 126 cm³/mol. The van der Waals surface area contributed by atoms with Crippen LogP contribution >= 0.6 is 29.7 Å². The summed E-state index contributed by atoms with van der Waals surface area (Å²) in [5.74, 6) is 2.43. The molecule has 30 heavy (non-hydrogen) atoms. The summed E-state index contributed by atoms with van der Waals surface area (Å²) >= 11 is 7.05. The van der Waals surface area contributed by atoms with Crippen LogP contribution in [0.25, 0.3) is 0 Å². The third-order valence-electron chi connectivity index (χ3n) is 3.77. The molecule has 0 radical (unpaired) electrons. The maximum absolute atomic E-state index is 13.4. The third kappa shape index (κ3) is 7.55. The molecule has 0 saturated heterocycles. The molecule has 2 amide bonds. The molecule has 0 spiro atoms. The summed E-state index contributed by atoms with van der Waals surface area (Å²) in [5, 5.41) is 2.78. The second-order valence-corrected chi connectivity index (χ2v) is 11.6. The van der Waals surface area contributed by atoms with E-state index < -0.39 is 12.8 Å². The number of carbonyl (C=O) groups excluding carboxylic acids is 1. The Morgan fingerprint density at radius 2 is 1.77 bits per heavy atom. The van der Waals surface area contributed by atoms with Gasteiger partial charge >= 0.3 is 12.8 Å². The zero-order valence-corrected chi connectivity index (χ0v) is 19.9. The molecule has 2 aromatic carbocycles. The number of alkyl halides is 1. The normalized spacial score (nSPS) is 13.0. The van der Waals surface area contributed by atoms with Crippen molar-refractivity contribution in [3.63, 3.8) is 0 Å². The largest absolute Gasteiger partial charge is 0.457 e. The highest BCUT2D eigenvalue weighted by atomic mass is 35.5. The van der Waals surface area contributed by atoms with Crippen molar-refractivity contribution in [3.8, 4) is 11.5 Å². The summed E-state index contributed by atoms with van der Waals surface area (Å²) in [4.78, 5) is 12.9. The summed E-state index contributed by atoms with van der Waals surface area (Å²) in [6.07, 6.45) is 0. The van der Waals surface area contributed by atoms with Crippen molar-refractivity contribution >= 4 is 41.4 Å². The number of carbonyl (C=O) groups is 1. The molecule has 1 N–H and O–H groups in total. The number of nitrogens with one attached hydrogen (secondary N) is 1. The van der Waals surface area contributed by atoms with Crippen molar-refractivity contribution in [2.45, 2.75) is 20.8 Å². The van der Waals surface area contributed by atoms with Crippen LogP contribution in [0.1, 0.15) is 20.8 Å². The Bertz CT molecular complexity index is 837. The minimum absolute atomic E-state index is 0.116. The summed E-state index contributed by atoms with van der Waals surface area (Å²) in [6.45, 7) is 2.73. The van der Waals surface area contributed by atoms with E-state index in [2.05, 4.69) is 5.32 Å². The number of nitrogens with zero attached hydrogens (tertiary/aromatic N) is 1. The number of benzene rings is 2. The van der Waals surface area contributed by atoms with Crippen molar-refractivity contribution in [2.75, 3.05) is 30.1 Å². The zero-order chi connectivity index (χ0) is 22.0. The fourth-order valence-corrected chi connectivity index (χ4v) is 7.37. The average molecular weight is 471 g/mol. The first-order valence-corrected chi connectivity index (χ1v) is 13.4.